The summed E-state index contributed by atoms with van der Waals surface area (Å²) < 4.78 is 5.34. The summed E-state index contributed by atoms with van der Waals surface area (Å²) in [5.41, 5.74) is 0. The normalized spacial score (nSPS) is 14.3. The first kappa shape index (κ1) is 14.1. The van der Waals surface area contributed by atoms with Crippen LogP contribution in [0.4, 0.5) is 0 Å². The molecule has 0 saturated carbocycles. The molecule has 0 spiro atoms. The number of rotatable bonds is 3. The molecule has 1 saturated heterocycles. The number of halogens is 1. The number of nitrogens with one attached hydrogen (secondary N) is 1. The number of carbonyl (C=O) groups is 1. The van der Waals surface area contributed by atoms with E-state index in [0.29, 0.717) is 15.9 Å². The van der Waals surface area contributed by atoms with Crippen LogP contribution >= 0.6 is 23.8 Å². The van der Waals surface area contributed by atoms with Crippen molar-refractivity contribution >= 4 is 34.8 Å². The lowest BCUT2D eigenvalue weighted by molar-refractivity contribution is -0.121. The molecule has 1 amide bonds. The Morgan fingerprint density at radius 1 is 1.32 bits per heavy atom. The van der Waals surface area contributed by atoms with E-state index in [4.69, 9.17) is 28.6 Å². The highest BCUT2D eigenvalue weighted by atomic mass is 35.5. The van der Waals surface area contributed by atoms with Gasteiger partial charge in [-0.1, -0.05) is 11.6 Å². The third-order valence-corrected chi connectivity index (χ3v) is 3.44. The van der Waals surface area contributed by atoms with Gasteiger partial charge in [-0.3, -0.25) is 4.79 Å². The van der Waals surface area contributed by atoms with Crippen LogP contribution in [-0.2, 0) is 4.79 Å². The number of amides is 1. The van der Waals surface area contributed by atoms with Crippen molar-refractivity contribution in [3.63, 3.8) is 0 Å². The predicted octanol–water partition coefficient (Wildman–Crippen LogP) is 2.22. The van der Waals surface area contributed by atoms with Crippen molar-refractivity contribution in [3.8, 4) is 5.75 Å². The smallest absolute Gasteiger partial charge is 0.264 e. The molecule has 0 atom stereocenters. The molecule has 1 fully saturated rings. The van der Waals surface area contributed by atoms with E-state index in [2.05, 4.69) is 5.32 Å². The molecule has 6 heteroatoms. The summed E-state index contributed by atoms with van der Waals surface area (Å²) in [5, 5.41) is 3.79. The molecule has 4 nitrogen and oxygen atoms in total. The van der Waals surface area contributed by atoms with Crippen molar-refractivity contribution in [2.24, 2.45) is 0 Å². The second-order valence-electron chi connectivity index (χ2n) is 4.29. The van der Waals surface area contributed by atoms with Crippen LogP contribution < -0.4 is 10.1 Å². The number of hydrogen-bond acceptors (Lipinski definition) is 3. The molecule has 0 radical (unpaired) electrons. The van der Waals surface area contributed by atoms with Crippen LogP contribution in [0.1, 0.15) is 12.8 Å². The zero-order chi connectivity index (χ0) is 13.7. The molecular weight excluding hydrogens is 284 g/mol. The van der Waals surface area contributed by atoms with Gasteiger partial charge in [-0.05, 0) is 49.3 Å². The van der Waals surface area contributed by atoms with E-state index in [1.54, 1.807) is 24.3 Å². The largest absolute Gasteiger partial charge is 0.484 e. The minimum Gasteiger partial charge on any atom is -0.484 e. The van der Waals surface area contributed by atoms with E-state index < -0.39 is 0 Å². The third-order valence-electron chi connectivity index (χ3n) is 2.82. The topological polar surface area (TPSA) is 41.6 Å². The minimum atomic E-state index is -0.244. The monoisotopic (exact) mass is 298 g/mol. The van der Waals surface area contributed by atoms with Crippen molar-refractivity contribution in [1.82, 2.24) is 10.2 Å². The Morgan fingerprint density at radius 2 is 1.95 bits per heavy atom. The number of likely N-dealkylation sites (tertiary alicyclic amines) is 1. The van der Waals surface area contributed by atoms with E-state index in [9.17, 15) is 4.79 Å². The number of ether oxygens (including phenoxy) is 1. The maximum Gasteiger partial charge on any atom is 0.264 e. The molecular formula is C13H15ClN2O2S. The van der Waals surface area contributed by atoms with Crippen LogP contribution in [0.3, 0.4) is 0 Å². The Hall–Kier alpha value is -1.33. The van der Waals surface area contributed by atoms with E-state index in [1.807, 2.05) is 4.90 Å². The minimum absolute atomic E-state index is 0.0599. The van der Waals surface area contributed by atoms with E-state index in [1.165, 1.54) is 0 Å². The molecule has 2 rings (SSSR count). The van der Waals surface area contributed by atoms with Crippen molar-refractivity contribution in [2.45, 2.75) is 12.8 Å². The quantitative estimate of drug-likeness (QED) is 0.869. The standard InChI is InChI=1S/C13H15ClN2O2S/c14-10-3-5-11(6-4-10)18-9-12(17)15-13(19)16-7-1-2-8-16/h3-6H,1-2,7-9H2,(H,15,17,19). The lowest BCUT2D eigenvalue weighted by Gasteiger charge is -2.18. The van der Waals surface area contributed by atoms with Gasteiger partial charge in [0.1, 0.15) is 5.75 Å². The summed E-state index contributed by atoms with van der Waals surface area (Å²) in [7, 11) is 0. The Bertz CT molecular complexity index is 458. The summed E-state index contributed by atoms with van der Waals surface area (Å²) in [6, 6.07) is 6.86. The fourth-order valence-corrected chi connectivity index (χ4v) is 2.26. The van der Waals surface area contributed by atoms with E-state index in [-0.39, 0.29) is 12.5 Å². The van der Waals surface area contributed by atoms with Crippen LogP contribution in [0.15, 0.2) is 24.3 Å². The highest BCUT2D eigenvalue weighted by Gasteiger charge is 2.16. The maximum atomic E-state index is 11.7. The average molecular weight is 299 g/mol. The van der Waals surface area contributed by atoms with Crippen molar-refractivity contribution in [2.75, 3.05) is 19.7 Å². The first-order valence-electron chi connectivity index (χ1n) is 6.12. The molecule has 0 unspecified atom stereocenters. The Morgan fingerprint density at radius 3 is 2.58 bits per heavy atom. The van der Waals surface area contributed by atoms with Gasteiger partial charge in [0.05, 0.1) is 0 Å². The first-order valence-corrected chi connectivity index (χ1v) is 6.91. The summed E-state index contributed by atoms with van der Waals surface area (Å²) in [5.74, 6) is 0.360. The summed E-state index contributed by atoms with van der Waals surface area (Å²) >= 11 is 10.9. The van der Waals surface area contributed by atoms with Crippen LogP contribution in [0.5, 0.6) is 5.75 Å². The molecule has 19 heavy (non-hydrogen) atoms. The molecule has 102 valence electrons. The van der Waals surface area contributed by atoms with Crippen molar-refractivity contribution in [1.29, 1.82) is 0 Å². The summed E-state index contributed by atoms with van der Waals surface area (Å²) in [6.45, 7) is 1.77. The highest BCUT2D eigenvalue weighted by molar-refractivity contribution is 7.80. The molecule has 1 aliphatic heterocycles. The van der Waals surface area contributed by atoms with Gasteiger partial charge in [0.15, 0.2) is 11.7 Å². The number of hydrogen-bond donors (Lipinski definition) is 1. The second-order valence-corrected chi connectivity index (χ2v) is 5.11. The Balaban J connectivity index is 1.75. The van der Waals surface area contributed by atoms with Gasteiger partial charge in [-0.15, -0.1) is 0 Å². The summed E-state index contributed by atoms with van der Waals surface area (Å²) in [6.07, 6.45) is 2.24. The number of nitrogens with zero attached hydrogens (tertiary/aromatic N) is 1. The van der Waals surface area contributed by atoms with Gasteiger partial charge in [-0.2, -0.15) is 0 Å². The van der Waals surface area contributed by atoms with Crippen LogP contribution in [0, 0.1) is 0 Å². The molecule has 0 aliphatic carbocycles. The SMILES string of the molecule is O=C(COc1ccc(Cl)cc1)NC(=S)N1CCCC1. The molecule has 1 aromatic rings. The van der Waals surface area contributed by atoms with Gasteiger partial charge in [0.25, 0.3) is 5.91 Å². The molecule has 0 aromatic heterocycles. The Kier molecular flexibility index (Phi) is 4.99. The zero-order valence-electron chi connectivity index (χ0n) is 10.4. The van der Waals surface area contributed by atoms with E-state index in [0.717, 1.165) is 25.9 Å². The third kappa shape index (κ3) is 4.36. The van der Waals surface area contributed by atoms with E-state index >= 15 is 0 Å². The number of thiocarbonyl (C=S) groups is 1. The highest BCUT2D eigenvalue weighted by Crippen LogP contribution is 2.15. The summed E-state index contributed by atoms with van der Waals surface area (Å²) in [4.78, 5) is 13.7. The molecule has 0 bridgehead atoms. The molecule has 1 heterocycles. The lowest BCUT2D eigenvalue weighted by atomic mass is 10.3. The van der Waals surface area contributed by atoms with Crippen molar-refractivity contribution < 1.29 is 9.53 Å². The molecule has 1 aromatic carbocycles. The lowest BCUT2D eigenvalue weighted by Crippen LogP contribution is -2.42. The molecule has 1 aliphatic rings. The van der Waals surface area contributed by atoms with Gasteiger partial charge >= 0.3 is 0 Å². The predicted molar refractivity (Wildman–Crippen MR) is 78.5 cm³/mol. The van der Waals surface area contributed by atoms with Gasteiger partial charge in [-0.25, -0.2) is 0 Å². The zero-order valence-corrected chi connectivity index (χ0v) is 12.0. The fourth-order valence-electron chi connectivity index (χ4n) is 1.83. The number of carbonyl (C=O) groups excluding carboxylic acids is 1. The second kappa shape index (κ2) is 6.73. The van der Waals surface area contributed by atoms with Gasteiger partial charge in [0, 0.05) is 18.1 Å². The fraction of sp³-hybridized carbons (Fsp3) is 0.385. The van der Waals surface area contributed by atoms with Gasteiger partial charge < -0.3 is 15.0 Å². The average Bonchev–Trinajstić information content (AvgIpc) is 2.92. The Labute approximate surface area is 122 Å². The first-order chi connectivity index (χ1) is 9.15. The van der Waals surface area contributed by atoms with Gasteiger partial charge in [0.2, 0.25) is 0 Å². The van der Waals surface area contributed by atoms with Crippen LogP contribution in [-0.4, -0.2) is 35.6 Å². The van der Waals surface area contributed by atoms with Crippen LogP contribution in [0.25, 0.3) is 0 Å². The maximum absolute atomic E-state index is 11.7. The van der Waals surface area contributed by atoms with Crippen molar-refractivity contribution in [3.05, 3.63) is 29.3 Å². The number of benzene rings is 1. The molecule has 1 N–H and O–H groups in total. The van der Waals surface area contributed by atoms with Crippen LogP contribution in [0.2, 0.25) is 5.02 Å².